The lowest BCUT2D eigenvalue weighted by molar-refractivity contribution is -0.130. The summed E-state index contributed by atoms with van der Waals surface area (Å²) in [5.41, 5.74) is 0. The summed E-state index contributed by atoms with van der Waals surface area (Å²) < 4.78 is 0. The molecule has 0 unspecified atom stereocenters. The van der Waals surface area contributed by atoms with Gasteiger partial charge in [0.1, 0.15) is 5.88 Å². The first-order chi connectivity index (χ1) is 7.24. The first kappa shape index (κ1) is 12.3. The summed E-state index contributed by atoms with van der Waals surface area (Å²) in [7, 11) is 0. The molecule has 4 nitrogen and oxygen atoms in total. The van der Waals surface area contributed by atoms with Crippen LogP contribution in [0.25, 0.3) is 0 Å². The molecule has 1 heterocycles. The molecule has 0 aromatic heterocycles. The van der Waals surface area contributed by atoms with E-state index in [0.29, 0.717) is 19.4 Å². The van der Waals surface area contributed by atoms with E-state index in [-0.39, 0.29) is 17.7 Å². The SMILES string of the molecule is O=C(CCl)NCCCC(=O)N1CCCC1. The molecule has 1 saturated heterocycles. The van der Waals surface area contributed by atoms with Gasteiger partial charge in [0, 0.05) is 26.1 Å². The zero-order chi connectivity index (χ0) is 11.1. The lowest BCUT2D eigenvalue weighted by Gasteiger charge is -2.14. The monoisotopic (exact) mass is 232 g/mol. The molecule has 0 saturated carbocycles. The third-order valence-corrected chi connectivity index (χ3v) is 2.71. The molecular formula is C10H17ClN2O2. The van der Waals surface area contributed by atoms with Crippen LogP contribution in [0.4, 0.5) is 0 Å². The number of carbonyl (C=O) groups is 2. The number of amides is 2. The Morgan fingerprint density at radius 3 is 2.53 bits per heavy atom. The second-order valence-corrected chi connectivity index (χ2v) is 3.94. The average molecular weight is 233 g/mol. The van der Waals surface area contributed by atoms with Crippen LogP contribution in [-0.4, -0.2) is 42.2 Å². The van der Waals surface area contributed by atoms with Crippen LogP contribution in [0, 0.1) is 0 Å². The van der Waals surface area contributed by atoms with Gasteiger partial charge in [0.25, 0.3) is 0 Å². The molecule has 15 heavy (non-hydrogen) atoms. The van der Waals surface area contributed by atoms with Crippen LogP contribution in [-0.2, 0) is 9.59 Å². The summed E-state index contributed by atoms with van der Waals surface area (Å²) in [6, 6.07) is 0. The number of nitrogens with zero attached hydrogens (tertiary/aromatic N) is 1. The zero-order valence-electron chi connectivity index (χ0n) is 8.80. The molecule has 1 aliphatic heterocycles. The first-order valence-electron chi connectivity index (χ1n) is 5.34. The quantitative estimate of drug-likeness (QED) is 0.562. The summed E-state index contributed by atoms with van der Waals surface area (Å²) in [4.78, 5) is 24.2. The second-order valence-electron chi connectivity index (χ2n) is 3.68. The summed E-state index contributed by atoms with van der Waals surface area (Å²) >= 11 is 5.31. The van der Waals surface area contributed by atoms with Crippen LogP contribution < -0.4 is 5.32 Å². The van der Waals surface area contributed by atoms with Gasteiger partial charge in [-0.05, 0) is 19.3 Å². The van der Waals surface area contributed by atoms with Crippen molar-refractivity contribution in [2.24, 2.45) is 0 Å². The Labute approximate surface area is 95.0 Å². The lowest BCUT2D eigenvalue weighted by atomic mass is 10.3. The summed E-state index contributed by atoms with van der Waals surface area (Å²) in [5, 5.41) is 2.64. The molecule has 1 N–H and O–H groups in total. The van der Waals surface area contributed by atoms with Crippen molar-refractivity contribution in [2.45, 2.75) is 25.7 Å². The van der Waals surface area contributed by atoms with E-state index in [1.54, 1.807) is 0 Å². The van der Waals surface area contributed by atoms with Gasteiger partial charge in [-0.15, -0.1) is 11.6 Å². The molecule has 5 heteroatoms. The maximum atomic E-state index is 11.5. The normalized spacial score (nSPS) is 15.4. The van der Waals surface area contributed by atoms with Crippen LogP contribution in [0.3, 0.4) is 0 Å². The van der Waals surface area contributed by atoms with Gasteiger partial charge in [0.15, 0.2) is 0 Å². The van der Waals surface area contributed by atoms with Crippen LogP contribution in [0.5, 0.6) is 0 Å². The Morgan fingerprint density at radius 2 is 1.93 bits per heavy atom. The molecule has 0 aliphatic carbocycles. The smallest absolute Gasteiger partial charge is 0.234 e. The minimum absolute atomic E-state index is 0.0138. The highest BCUT2D eigenvalue weighted by Crippen LogP contribution is 2.09. The first-order valence-corrected chi connectivity index (χ1v) is 5.88. The molecule has 1 aliphatic rings. The van der Waals surface area contributed by atoms with Gasteiger partial charge in [0.2, 0.25) is 11.8 Å². The van der Waals surface area contributed by atoms with E-state index in [9.17, 15) is 9.59 Å². The predicted molar refractivity (Wildman–Crippen MR) is 58.8 cm³/mol. The maximum Gasteiger partial charge on any atom is 0.234 e. The fraction of sp³-hybridized carbons (Fsp3) is 0.800. The molecule has 0 aromatic rings. The molecule has 0 bridgehead atoms. The minimum atomic E-state index is -0.176. The van der Waals surface area contributed by atoms with Crippen molar-refractivity contribution >= 4 is 23.4 Å². The van der Waals surface area contributed by atoms with Crippen molar-refractivity contribution in [1.82, 2.24) is 10.2 Å². The number of halogens is 1. The molecule has 0 radical (unpaired) electrons. The van der Waals surface area contributed by atoms with Crippen molar-refractivity contribution in [3.63, 3.8) is 0 Å². The van der Waals surface area contributed by atoms with E-state index in [0.717, 1.165) is 25.9 Å². The van der Waals surface area contributed by atoms with E-state index in [2.05, 4.69) is 5.32 Å². The molecule has 0 aromatic carbocycles. The Hall–Kier alpha value is -0.770. The van der Waals surface area contributed by atoms with Crippen molar-refractivity contribution < 1.29 is 9.59 Å². The molecule has 0 spiro atoms. The molecule has 1 fully saturated rings. The van der Waals surface area contributed by atoms with E-state index < -0.39 is 0 Å². The van der Waals surface area contributed by atoms with Crippen LogP contribution in [0.15, 0.2) is 0 Å². The Balaban J connectivity index is 2.04. The number of hydrogen-bond donors (Lipinski definition) is 1. The third kappa shape index (κ3) is 4.51. The topological polar surface area (TPSA) is 49.4 Å². The largest absolute Gasteiger partial charge is 0.355 e. The van der Waals surface area contributed by atoms with Crippen LogP contribution >= 0.6 is 11.6 Å². The molecular weight excluding hydrogens is 216 g/mol. The van der Waals surface area contributed by atoms with Gasteiger partial charge in [-0.1, -0.05) is 0 Å². The highest BCUT2D eigenvalue weighted by atomic mass is 35.5. The Morgan fingerprint density at radius 1 is 1.27 bits per heavy atom. The maximum absolute atomic E-state index is 11.5. The number of likely N-dealkylation sites (tertiary alicyclic amines) is 1. The fourth-order valence-electron chi connectivity index (χ4n) is 1.64. The highest BCUT2D eigenvalue weighted by molar-refractivity contribution is 6.27. The Bertz CT molecular complexity index is 227. The number of nitrogens with one attached hydrogen (secondary N) is 1. The highest BCUT2D eigenvalue weighted by Gasteiger charge is 2.16. The number of carbonyl (C=O) groups excluding carboxylic acids is 2. The van der Waals surface area contributed by atoms with Crippen LogP contribution in [0.1, 0.15) is 25.7 Å². The van der Waals surface area contributed by atoms with Gasteiger partial charge >= 0.3 is 0 Å². The van der Waals surface area contributed by atoms with Crippen LogP contribution in [0.2, 0.25) is 0 Å². The number of hydrogen-bond acceptors (Lipinski definition) is 2. The van der Waals surface area contributed by atoms with Gasteiger partial charge in [-0.2, -0.15) is 0 Å². The Kier molecular flexibility index (Phi) is 5.47. The molecule has 1 rings (SSSR count). The van der Waals surface area contributed by atoms with Crippen molar-refractivity contribution in [1.29, 1.82) is 0 Å². The number of alkyl halides is 1. The lowest BCUT2D eigenvalue weighted by Crippen LogP contribution is -2.30. The van der Waals surface area contributed by atoms with Gasteiger partial charge in [0.05, 0.1) is 0 Å². The summed E-state index contributed by atoms with van der Waals surface area (Å²) in [6.45, 7) is 2.32. The summed E-state index contributed by atoms with van der Waals surface area (Å²) in [5.74, 6) is 0.0120. The van der Waals surface area contributed by atoms with Crippen molar-refractivity contribution in [3.8, 4) is 0 Å². The molecule has 0 atom stereocenters. The van der Waals surface area contributed by atoms with E-state index in [1.807, 2.05) is 4.90 Å². The van der Waals surface area contributed by atoms with Gasteiger partial charge in [-0.3, -0.25) is 9.59 Å². The minimum Gasteiger partial charge on any atom is -0.355 e. The van der Waals surface area contributed by atoms with Gasteiger partial charge < -0.3 is 10.2 Å². The molecule has 2 amide bonds. The standard InChI is InChI=1S/C10H17ClN2O2/c11-8-9(14)12-5-3-4-10(15)13-6-1-2-7-13/h1-8H2,(H,12,14). The third-order valence-electron chi connectivity index (χ3n) is 2.47. The zero-order valence-corrected chi connectivity index (χ0v) is 9.55. The predicted octanol–water partition coefficient (Wildman–Crippen LogP) is 0.744. The van der Waals surface area contributed by atoms with E-state index >= 15 is 0 Å². The summed E-state index contributed by atoms with van der Waals surface area (Å²) in [6.07, 6.45) is 3.45. The van der Waals surface area contributed by atoms with Crippen molar-refractivity contribution in [2.75, 3.05) is 25.5 Å². The second kappa shape index (κ2) is 6.67. The number of rotatable bonds is 5. The van der Waals surface area contributed by atoms with Gasteiger partial charge in [-0.25, -0.2) is 0 Å². The molecule has 86 valence electrons. The van der Waals surface area contributed by atoms with E-state index in [4.69, 9.17) is 11.6 Å². The average Bonchev–Trinajstić information content (AvgIpc) is 2.77. The van der Waals surface area contributed by atoms with Crippen molar-refractivity contribution in [3.05, 3.63) is 0 Å². The van der Waals surface area contributed by atoms with E-state index in [1.165, 1.54) is 0 Å². The fourth-order valence-corrected chi connectivity index (χ4v) is 1.73.